The molecule has 3 nitrogen and oxygen atoms in total. The van der Waals surface area contributed by atoms with E-state index < -0.39 is 0 Å². The molecule has 0 atom stereocenters. The molecule has 0 saturated heterocycles. The number of rotatable bonds is 2. The van der Waals surface area contributed by atoms with Crippen molar-refractivity contribution in [3.8, 4) is 0 Å². The van der Waals surface area contributed by atoms with Gasteiger partial charge in [-0.25, -0.2) is 4.79 Å². The fourth-order valence-electron chi connectivity index (χ4n) is 0.249. The molecule has 0 bridgehead atoms. The van der Waals surface area contributed by atoms with Gasteiger partial charge in [-0.05, 0) is 8.86 Å². The van der Waals surface area contributed by atoms with Crippen LogP contribution in [0.25, 0.3) is 0 Å². The average Bonchev–Trinajstić information content (AvgIpc) is 1.88. The summed E-state index contributed by atoms with van der Waals surface area (Å²) in [5.41, 5.74) is 1.31. The van der Waals surface area contributed by atoms with Gasteiger partial charge in [0, 0.05) is 32.8 Å². The van der Waals surface area contributed by atoms with Gasteiger partial charge in [0.2, 0.25) is 0 Å². The van der Waals surface area contributed by atoms with E-state index in [4.69, 9.17) is 4.79 Å². The van der Waals surface area contributed by atoms with E-state index in [0.717, 1.165) is 0 Å². The van der Waals surface area contributed by atoms with Gasteiger partial charge in [0.1, 0.15) is 5.66 Å². The van der Waals surface area contributed by atoms with Crippen LogP contribution >= 0.6 is 8.86 Å². The molecule has 0 amide bonds. The second-order valence-corrected chi connectivity index (χ2v) is 1.64. The van der Waals surface area contributed by atoms with Crippen LogP contribution in [0.5, 0.6) is 0 Å². The first-order valence-corrected chi connectivity index (χ1v) is 3.17. The van der Waals surface area contributed by atoms with Gasteiger partial charge in [-0.2, -0.15) is 0 Å². The van der Waals surface area contributed by atoms with Crippen molar-refractivity contribution in [3.05, 3.63) is 0 Å². The standard InChI is InChI=1S/C5H8O2.CHOP.Rh/c1-3-5(7)4(2)6;2-1-3;/h3H2,1-2H3;3H;. The first kappa shape index (κ1) is 17.1. The van der Waals surface area contributed by atoms with Crippen molar-refractivity contribution in [1.29, 1.82) is 0 Å². The van der Waals surface area contributed by atoms with Crippen molar-refractivity contribution in [1.82, 2.24) is 0 Å². The smallest absolute Gasteiger partial charge is 0.197 e. The minimum absolute atomic E-state index is 0. The number of hydrogen-bond acceptors (Lipinski definition) is 3. The number of carbonyl (C=O) groups is 2. The van der Waals surface area contributed by atoms with Gasteiger partial charge >= 0.3 is 0 Å². The third-order valence-electron chi connectivity index (χ3n) is 0.714. The molecular formula is C6H9O3PRh. The predicted octanol–water partition coefficient (Wildman–Crippen LogP) is 0.748. The average molecular weight is 263 g/mol. The van der Waals surface area contributed by atoms with Crippen molar-refractivity contribution in [2.45, 2.75) is 20.3 Å². The summed E-state index contributed by atoms with van der Waals surface area (Å²) in [5, 5.41) is 0. The molecule has 0 saturated carbocycles. The van der Waals surface area contributed by atoms with Crippen molar-refractivity contribution >= 4 is 26.1 Å². The van der Waals surface area contributed by atoms with Gasteiger partial charge in [0.05, 0.1) is 0 Å². The van der Waals surface area contributed by atoms with Crippen LogP contribution in [0.1, 0.15) is 20.3 Å². The topological polar surface area (TPSA) is 51.2 Å². The first-order valence-electron chi connectivity index (χ1n) is 2.67. The van der Waals surface area contributed by atoms with Crippen LogP contribution in [0.15, 0.2) is 0 Å². The molecule has 1 radical (unpaired) electrons. The Labute approximate surface area is 80.5 Å². The summed E-state index contributed by atoms with van der Waals surface area (Å²) in [5.74, 6) is -0.637. The van der Waals surface area contributed by atoms with Gasteiger partial charge in [-0.1, -0.05) is 6.92 Å². The molecule has 0 heterocycles. The Bertz CT molecular complexity index is 161. The molecule has 0 aliphatic rings. The van der Waals surface area contributed by atoms with Gasteiger partial charge in [-0.3, -0.25) is 9.59 Å². The van der Waals surface area contributed by atoms with E-state index in [9.17, 15) is 9.59 Å². The van der Waals surface area contributed by atoms with Crippen molar-refractivity contribution in [2.24, 2.45) is 0 Å². The third-order valence-corrected chi connectivity index (χ3v) is 0.714. The van der Waals surface area contributed by atoms with E-state index >= 15 is 0 Å². The maximum absolute atomic E-state index is 10.2. The second kappa shape index (κ2) is 12.5. The first-order chi connectivity index (χ1) is 4.59. The Hall–Kier alpha value is -0.157. The van der Waals surface area contributed by atoms with E-state index in [-0.39, 0.29) is 31.0 Å². The zero-order valence-corrected chi connectivity index (χ0v) is 8.90. The molecule has 0 N–H and O–H groups in total. The van der Waals surface area contributed by atoms with Crippen LogP contribution in [0.3, 0.4) is 0 Å². The van der Waals surface area contributed by atoms with Gasteiger partial charge < -0.3 is 0 Å². The van der Waals surface area contributed by atoms with Crippen molar-refractivity contribution in [3.63, 3.8) is 0 Å². The third kappa shape index (κ3) is 17.7. The fraction of sp³-hybridized carbons (Fsp3) is 0.500. The van der Waals surface area contributed by atoms with Gasteiger partial charge in [0.25, 0.3) is 0 Å². The van der Waals surface area contributed by atoms with E-state index in [0.29, 0.717) is 6.42 Å². The van der Waals surface area contributed by atoms with Crippen molar-refractivity contribution in [2.75, 3.05) is 0 Å². The van der Waals surface area contributed by atoms with Crippen LogP contribution in [-0.2, 0) is 33.9 Å². The number of carbonyl (C=O) groups excluding carboxylic acids is 3. The molecule has 0 rings (SSSR count). The fourth-order valence-corrected chi connectivity index (χ4v) is 0.249. The summed E-state index contributed by atoms with van der Waals surface area (Å²) in [6, 6.07) is 0. The summed E-state index contributed by atoms with van der Waals surface area (Å²) in [6.45, 7) is 2.95. The Kier molecular flexibility index (Phi) is 19.4. The summed E-state index contributed by atoms with van der Waals surface area (Å²) in [6.07, 6.45) is 0.329. The molecule has 0 spiro atoms. The number of ketones is 2. The largest absolute Gasteiger partial charge is 0.291 e. The molecule has 0 unspecified atom stereocenters. The van der Waals surface area contributed by atoms with Crippen molar-refractivity contribution < 1.29 is 33.9 Å². The molecule has 0 aromatic rings. The minimum atomic E-state index is -0.345. The Morgan fingerprint density at radius 3 is 1.73 bits per heavy atom. The van der Waals surface area contributed by atoms with Gasteiger partial charge in [0.15, 0.2) is 11.6 Å². The molecule has 0 fully saturated rings. The van der Waals surface area contributed by atoms with E-state index in [1.165, 1.54) is 12.6 Å². The molecule has 0 aromatic heterocycles. The monoisotopic (exact) mass is 263 g/mol. The minimum Gasteiger partial charge on any atom is -0.291 e. The van der Waals surface area contributed by atoms with E-state index in [1.54, 1.807) is 6.92 Å². The Morgan fingerprint density at radius 2 is 1.73 bits per heavy atom. The van der Waals surface area contributed by atoms with Crippen LogP contribution in [-0.4, -0.2) is 17.2 Å². The Balaban J connectivity index is -0.000000140. The van der Waals surface area contributed by atoms with E-state index in [1.807, 2.05) is 0 Å². The van der Waals surface area contributed by atoms with E-state index in [2.05, 4.69) is 8.86 Å². The maximum atomic E-state index is 10.2. The Morgan fingerprint density at radius 1 is 1.45 bits per heavy atom. The molecular weight excluding hydrogens is 254 g/mol. The molecule has 0 aliphatic heterocycles. The van der Waals surface area contributed by atoms with Crippen LogP contribution in [0, 0.1) is 0 Å². The summed E-state index contributed by atoms with van der Waals surface area (Å²) in [7, 11) is 2.38. The molecule has 11 heavy (non-hydrogen) atoms. The summed E-state index contributed by atoms with van der Waals surface area (Å²) >= 11 is 0. The van der Waals surface area contributed by atoms with Crippen LogP contribution in [0.2, 0.25) is 0 Å². The van der Waals surface area contributed by atoms with Crippen LogP contribution in [0.4, 0.5) is 0 Å². The zero-order chi connectivity index (χ0) is 8.57. The summed E-state index contributed by atoms with van der Waals surface area (Å²) in [4.78, 5) is 28.8. The van der Waals surface area contributed by atoms with Crippen LogP contribution < -0.4 is 0 Å². The SMILES string of the molecule is CCC(=O)C(C)=O.O=C=P.[Rh]. The molecule has 65 valence electrons. The maximum Gasteiger partial charge on any atom is 0.197 e. The normalized spacial score (nSPS) is 6.00. The zero-order valence-electron chi connectivity index (χ0n) is 6.27. The predicted molar refractivity (Wildman–Crippen MR) is 40.0 cm³/mol. The second-order valence-electron chi connectivity index (χ2n) is 1.43. The number of Topliss-reactive ketones (excluding diaryl/α,β-unsaturated/α-hetero) is 2. The molecule has 5 heteroatoms. The summed E-state index contributed by atoms with van der Waals surface area (Å²) < 4.78 is 0. The quantitative estimate of drug-likeness (QED) is 0.419. The van der Waals surface area contributed by atoms with Gasteiger partial charge in [-0.15, -0.1) is 0 Å². The number of hydrogen-bond donors (Lipinski definition) is 0. The molecule has 0 aliphatic carbocycles. The molecule has 0 aromatic carbocycles.